The molecule has 3 aromatic rings. The summed E-state index contributed by atoms with van der Waals surface area (Å²) < 4.78 is 13.1. The van der Waals surface area contributed by atoms with Crippen molar-refractivity contribution in [2.24, 2.45) is 0 Å². The maximum atomic E-state index is 13.1. The molecule has 3 rings (SSSR count). The molecule has 2 nitrogen and oxygen atoms in total. The van der Waals surface area contributed by atoms with E-state index in [2.05, 4.69) is 9.97 Å². The minimum absolute atomic E-state index is 0.283. The number of hydrogen-bond acceptors (Lipinski definition) is 1. The summed E-state index contributed by atoms with van der Waals surface area (Å²) in [7, 11) is 0. The van der Waals surface area contributed by atoms with Gasteiger partial charge in [-0.05, 0) is 24.3 Å². The van der Waals surface area contributed by atoms with Crippen LogP contribution in [-0.4, -0.2) is 9.97 Å². The lowest BCUT2D eigenvalue weighted by atomic mass is 10.2. The number of hydrogen-bond donors (Lipinski definition) is 1. The number of halogens is 2. The van der Waals surface area contributed by atoms with Crippen LogP contribution in [0, 0.1) is 5.82 Å². The van der Waals surface area contributed by atoms with Gasteiger partial charge in [0.05, 0.1) is 10.5 Å². The van der Waals surface area contributed by atoms with Gasteiger partial charge in [-0.1, -0.05) is 29.8 Å². The topological polar surface area (TPSA) is 28.7 Å². The monoisotopic (exact) mass is 246 g/mol. The maximum absolute atomic E-state index is 13.1. The fourth-order valence-electron chi connectivity index (χ4n) is 1.77. The third kappa shape index (κ3) is 1.78. The van der Waals surface area contributed by atoms with Crippen LogP contribution in [0.2, 0.25) is 5.02 Å². The molecule has 0 saturated heterocycles. The van der Waals surface area contributed by atoms with E-state index in [-0.39, 0.29) is 5.82 Å². The van der Waals surface area contributed by atoms with Crippen molar-refractivity contribution >= 4 is 22.6 Å². The van der Waals surface area contributed by atoms with E-state index in [1.165, 1.54) is 12.1 Å². The predicted octanol–water partition coefficient (Wildman–Crippen LogP) is 4.02. The van der Waals surface area contributed by atoms with E-state index in [9.17, 15) is 4.39 Å². The molecule has 0 bridgehead atoms. The zero-order valence-electron chi connectivity index (χ0n) is 8.74. The molecule has 84 valence electrons. The molecule has 2 aromatic carbocycles. The molecule has 17 heavy (non-hydrogen) atoms. The molecular formula is C13H8ClFN2. The molecular weight excluding hydrogens is 239 g/mol. The highest BCUT2D eigenvalue weighted by Crippen LogP contribution is 2.25. The summed E-state index contributed by atoms with van der Waals surface area (Å²) in [5, 5.41) is 0.585. The largest absolute Gasteiger partial charge is 0.338 e. The zero-order chi connectivity index (χ0) is 11.8. The standard InChI is InChI=1S/C13H8ClFN2/c14-10-5-2-6-11-12(10)17-13(16-11)8-3-1-4-9(15)7-8/h1-7H,(H,16,17). The average Bonchev–Trinajstić information content (AvgIpc) is 2.74. The fraction of sp³-hybridized carbons (Fsp3) is 0. The summed E-state index contributed by atoms with van der Waals surface area (Å²) in [5.41, 5.74) is 2.25. The Labute approximate surface area is 102 Å². The van der Waals surface area contributed by atoms with Crippen LogP contribution in [0.15, 0.2) is 42.5 Å². The number of aromatic nitrogens is 2. The van der Waals surface area contributed by atoms with E-state index >= 15 is 0 Å². The molecule has 0 aliphatic rings. The predicted molar refractivity (Wildman–Crippen MR) is 66.5 cm³/mol. The number of fused-ring (bicyclic) bond motifs is 1. The van der Waals surface area contributed by atoms with Gasteiger partial charge in [-0.3, -0.25) is 0 Å². The lowest BCUT2D eigenvalue weighted by Gasteiger charge is -1.95. The molecule has 1 N–H and O–H groups in total. The molecule has 0 atom stereocenters. The van der Waals surface area contributed by atoms with E-state index in [0.29, 0.717) is 21.9 Å². The summed E-state index contributed by atoms with van der Waals surface area (Å²) in [5.74, 6) is 0.335. The number of rotatable bonds is 1. The second-order valence-electron chi connectivity index (χ2n) is 3.73. The first kappa shape index (κ1) is 10.3. The van der Waals surface area contributed by atoms with E-state index in [1.54, 1.807) is 18.2 Å². The molecule has 4 heteroatoms. The van der Waals surface area contributed by atoms with Gasteiger partial charge in [-0.2, -0.15) is 0 Å². The van der Waals surface area contributed by atoms with Crippen molar-refractivity contribution in [2.75, 3.05) is 0 Å². The van der Waals surface area contributed by atoms with Crippen molar-refractivity contribution < 1.29 is 4.39 Å². The number of nitrogens with zero attached hydrogens (tertiary/aromatic N) is 1. The Kier molecular flexibility index (Phi) is 2.34. The SMILES string of the molecule is Fc1cccc(-c2nc3c(Cl)cccc3[nH]2)c1. The van der Waals surface area contributed by atoms with Crippen LogP contribution in [-0.2, 0) is 0 Å². The second kappa shape index (κ2) is 3.86. The van der Waals surface area contributed by atoms with Crippen molar-refractivity contribution in [1.82, 2.24) is 9.97 Å². The first-order valence-electron chi connectivity index (χ1n) is 5.14. The summed E-state index contributed by atoms with van der Waals surface area (Å²) in [6.45, 7) is 0. The molecule has 0 aliphatic carbocycles. The van der Waals surface area contributed by atoms with Crippen molar-refractivity contribution in [3.8, 4) is 11.4 Å². The van der Waals surface area contributed by atoms with Crippen molar-refractivity contribution in [2.45, 2.75) is 0 Å². The van der Waals surface area contributed by atoms with Gasteiger partial charge in [0.25, 0.3) is 0 Å². The molecule has 0 radical (unpaired) electrons. The molecule has 0 unspecified atom stereocenters. The number of para-hydroxylation sites is 1. The van der Waals surface area contributed by atoms with Crippen molar-refractivity contribution in [3.05, 3.63) is 53.3 Å². The van der Waals surface area contributed by atoms with Gasteiger partial charge in [-0.15, -0.1) is 0 Å². The number of H-pyrrole nitrogens is 1. The summed E-state index contributed by atoms with van der Waals surface area (Å²) in [6, 6.07) is 11.8. The van der Waals surface area contributed by atoms with E-state index in [0.717, 1.165) is 5.52 Å². The Morgan fingerprint density at radius 3 is 2.71 bits per heavy atom. The Morgan fingerprint density at radius 2 is 1.94 bits per heavy atom. The number of benzene rings is 2. The number of aromatic amines is 1. The van der Waals surface area contributed by atoms with Crippen LogP contribution in [0.3, 0.4) is 0 Å². The molecule has 0 saturated carbocycles. The lowest BCUT2D eigenvalue weighted by molar-refractivity contribution is 0.628. The summed E-state index contributed by atoms with van der Waals surface area (Å²) in [6.07, 6.45) is 0. The van der Waals surface area contributed by atoms with Crippen LogP contribution < -0.4 is 0 Å². The highest BCUT2D eigenvalue weighted by molar-refractivity contribution is 6.34. The maximum Gasteiger partial charge on any atom is 0.138 e. The normalized spacial score (nSPS) is 10.9. The van der Waals surface area contributed by atoms with Gasteiger partial charge in [0.1, 0.15) is 17.2 Å². The Hall–Kier alpha value is -1.87. The molecule has 0 spiro atoms. The van der Waals surface area contributed by atoms with Crippen LogP contribution in [0.4, 0.5) is 4.39 Å². The third-order valence-electron chi connectivity index (χ3n) is 2.56. The second-order valence-corrected chi connectivity index (χ2v) is 4.14. The molecule has 0 fully saturated rings. The van der Waals surface area contributed by atoms with E-state index in [1.807, 2.05) is 12.1 Å². The summed E-state index contributed by atoms with van der Waals surface area (Å²) in [4.78, 5) is 7.49. The van der Waals surface area contributed by atoms with Crippen LogP contribution in [0.5, 0.6) is 0 Å². The first-order valence-corrected chi connectivity index (χ1v) is 5.52. The van der Waals surface area contributed by atoms with Crippen molar-refractivity contribution in [3.63, 3.8) is 0 Å². The third-order valence-corrected chi connectivity index (χ3v) is 2.87. The minimum Gasteiger partial charge on any atom is -0.338 e. The number of nitrogens with one attached hydrogen (secondary N) is 1. The van der Waals surface area contributed by atoms with Gasteiger partial charge in [0.2, 0.25) is 0 Å². The highest BCUT2D eigenvalue weighted by atomic mass is 35.5. The van der Waals surface area contributed by atoms with Gasteiger partial charge in [-0.25, -0.2) is 9.37 Å². The molecule has 0 aliphatic heterocycles. The zero-order valence-corrected chi connectivity index (χ0v) is 9.50. The lowest BCUT2D eigenvalue weighted by Crippen LogP contribution is -1.81. The molecule has 1 heterocycles. The van der Waals surface area contributed by atoms with E-state index < -0.39 is 0 Å². The number of imidazole rings is 1. The molecule has 0 amide bonds. The van der Waals surface area contributed by atoms with Gasteiger partial charge in [0, 0.05) is 5.56 Å². The van der Waals surface area contributed by atoms with Crippen molar-refractivity contribution in [1.29, 1.82) is 0 Å². The summed E-state index contributed by atoms with van der Waals surface area (Å²) >= 11 is 6.03. The average molecular weight is 247 g/mol. The van der Waals surface area contributed by atoms with Crippen LogP contribution in [0.1, 0.15) is 0 Å². The van der Waals surface area contributed by atoms with E-state index in [4.69, 9.17) is 11.6 Å². The Balaban J connectivity index is 2.22. The minimum atomic E-state index is -0.283. The van der Waals surface area contributed by atoms with Crippen LogP contribution >= 0.6 is 11.6 Å². The van der Waals surface area contributed by atoms with Gasteiger partial charge >= 0.3 is 0 Å². The van der Waals surface area contributed by atoms with Gasteiger partial charge in [0.15, 0.2) is 0 Å². The molecule has 1 aromatic heterocycles. The first-order chi connectivity index (χ1) is 8.24. The smallest absolute Gasteiger partial charge is 0.138 e. The highest BCUT2D eigenvalue weighted by Gasteiger charge is 2.07. The van der Waals surface area contributed by atoms with Gasteiger partial charge < -0.3 is 4.98 Å². The Morgan fingerprint density at radius 1 is 1.12 bits per heavy atom. The fourth-order valence-corrected chi connectivity index (χ4v) is 1.99. The quantitative estimate of drug-likeness (QED) is 0.690. The van der Waals surface area contributed by atoms with Crippen LogP contribution in [0.25, 0.3) is 22.4 Å². The Bertz CT molecular complexity index is 691.